The molecule has 1 aliphatic rings. The number of carbonyl (C=O) groups excluding carboxylic acids is 1. The lowest BCUT2D eigenvalue weighted by molar-refractivity contribution is 0.0841. The van der Waals surface area contributed by atoms with Gasteiger partial charge in [0.2, 0.25) is 0 Å². The van der Waals surface area contributed by atoms with Gasteiger partial charge in [0.25, 0.3) is 0 Å². The Kier molecular flexibility index (Phi) is 3.08. The average molecular weight is 218 g/mol. The highest BCUT2D eigenvalue weighted by atomic mass is 16.1. The minimum absolute atomic E-state index is 0.0556. The molecule has 0 aliphatic heterocycles. The van der Waals surface area contributed by atoms with Gasteiger partial charge in [-0.05, 0) is 25.7 Å². The first-order valence-corrected chi connectivity index (χ1v) is 5.76. The fourth-order valence-corrected chi connectivity index (χ4v) is 2.26. The highest BCUT2D eigenvalue weighted by molar-refractivity contribution is 6.03. The fourth-order valence-electron chi connectivity index (χ4n) is 2.26. The zero-order chi connectivity index (χ0) is 11.6. The van der Waals surface area contributed by atoms with Crippen molar-refractivity contribution in [2.45, 2.75) is 37.3 Å². The Bertz CT molecular complexity index is 367. The van der Waals surface area contributed by atoms with Crippen LogP contribution < -0.4 is 11.5 Å². The fraction of sp³-hybridized carbons (Fsp3) is 0.462. The molecule has 0 unspecified atom stereocenters. The largest absolute Gasteiger partial charge is 0.328 e. The van der Waals surface area contributed by atoms with Crippen LogP contribution in [0, 0.1) is 0 Å². The molecule has 86 valence electrons. The Morgan fingerprint density at radius 1 is 1.19 bits per heavy atom. The first kappa shape index (κ1) is 11.3. The lowest BCUT2D eigenvalue weighted by atomic mass is 9.76. The summed E-state index contributed by atoms with van der Waals surface area (Å²) in [5, 5.41) is 0. The second kappa shape index (κ2) is 4.36. The van der Waals surface area contributed by atoms with E-state index in [0.29, 0.717) is 18.4 Å². The van der Waals surface area contributed by atoms with Crippen LogP contribution in [-0.4, -0.2) is 17.4 Å². The van der Waals surface area contributed by atoms with Crippen LogP contribution in [0.1, 0.15) is 36.0 Å². The van der Waals surface area contributed by atoms with Gasteiger partial charge in [0.05, 0.1) is 5.54 Å². The van der Waals surface area contributed by atoms with Crippen molar-refractivity contribution in [3.63, 3.8) is 0 Å². The van der Waals surface area contributed by atoms with Crippen LogP contribution in [0.2, 0.25) is 0 Å². The number of benzene rings is 1. The Balaban J connectivity index is 2.16. The molecule has 4 N–H and O–H groups in total. The number of hydrogen-bond donors (Lipinski definition) is 2. The van der Waals surface area contributed by atoms with Gasteiger partial charge in [0, 0.05) is 11.6 Å². The third kappa shape index (κ3) is 2.15. The molecule has 3 nitrogen and oxygen atoms in total. The van der Waals surface area contributed by atoms with Crippen molar-refractivity contribution in [1.82, 2.24) is 0 Å². The molecule has 0 radical (unpaired) electrons. The van der Waals surface area contributed by atoms with Crippen molar-refractivity contribution >= 4 is 5.78 Å². The Morgan fingerprint density at radius 3 is 2.31 bits per heavy atom. The van der Waals surface area contributed by atoms with Crippen LogP contribution in [0.25, 0.3) is 0 Å². The topological polar surface area (TPSA) is 69.1 Å². The molecule has 2 rings (SSSR count). The summed E-state index contributed by atoms with van der Waals surface area (Å²) in [5.41, 5.74) is 12.0. The summed E-state index contributed by atoms with van der Waals surface area (Å²) in [6.07, 6.45) is 3.08. The molecule has 3 heteroatoms. The van der Waals surface area contributed by atoms with E-state index < -0.39 is 5.54 Å². The lowest BCUT2D eigenvalue weighted by Crippen LogP contribution is -2.52. The van der Waals surface area contributed by atoms with Gasteiger partial charge in [-0.25, -0.2) is 0 Å². The van der Waals surface area contributed by atoms with Crippen molar-refractivity contribution < 1.29 is 4.79 Å². The highest BCUT2D eigenvalue weighted by Gasteiger charge is 2.37. The van der Waals surface area contributed by atoms with E-state index in [1.807, 2.05) is 30.3 Å². The molecular formula is C13H18N2O. The molecule has 0 heterocycles. The Morgan fingerprint density at radius 2 is 1.75 bits per heavy atom. The predicted octanol–water partition coefficient (Wildman–Crippen LogP) is 1.47. The molecule has 0 spiro atoms. The van der Waals surface area contributed by atoms with E-state index in [9.17, 15) is 4.79 Å². The van der Waals surface area contributed by atoms with E-state index >= 15 is 0 Å². The van der Waals surface area contributed by atoms with Gasteiger partial charge >= 0.3 is 0 Å². The maximum absolute atomic E-state index is 12.3. The van der Waals surface area contributed by atoms with Crippen molar-refractivity contribution in [1.29, 1.82) is 0 Å². The number of carbonyl (C=O) groups is 1. The van der Waals surface area contributed by atoms with Crippen LogP contribution in [0.5, 0.6) is 0 Å². The second-order valence-electron chi connectivity index (χ2n) is 4.69. The summed E-state index contributed by atoms with van der Waals surface area (Å²) in [6.45, 7) is 0. The second-order valence-corrected chi connectivity index (χ2v) is 4.69. The van der Waals surface area contributed by atoms with Crippen LogP contribution >= 0.6 is 0 Å². The standard InChI is InChI=1S/C13H18N2O/c14-11-6-8-13(15,9-7-11)12(16)10-4-2-1-3-5-10/h1-5,11H,6-9,14-15H2. The van der Waals surface area contributed by atoms with E-state index in [1.165, 1.54) is 0 Å². The van der Waals surface area contributed by atoms with Crippen LogP contribution in [0.4, 0.5) is 0 Å². The molecule has 0 amide bonds. The molecule has 0 bridgehead atoms. The quantitative estimate of drug-likeness (QED) is 0.738. The molecular weight excluding hydrogens is 200 g/mol. The Labute approximate surface area is 95.8 Å². The van der Waals surface area contributed by atoms with E-state index in [4.69, 9.17) is 11.5 Å². The molecule has 1 saturated carbocycles. The number of hydrogen-bond acceptors (Lipinski definition) is 3. The van der Waals surface area contributed by atoms with Gasteiger partial charge in [-0.15, -0.1) is 0 Å². The molecule has 1 fully saturated rings. The molecule has 1 aliphatic carbocycles. The van der Waals surface area contributed by atoms with Gasteiger partial charge in [-0.2, -0.15) is 0 Å². The SMILES string of the molecule is NC1CCC(N)(C(=O)c2ccccc2)CC1. The predicted molar refractivity (Wildman–Crippen MR) is 64.1 cm³/mol. The zero-order valence-corrected chi connectivity index (χ0v) is 9.36. The van der Waals surface area contributed by atoms with E-state index in [2.05, 4.69) is 0 Å². The van der Waals surface area contributed by atoms with Crippen molar-refractivity contribution in [2.24, 2.45) is 11.5 Å². The van der Waals surface area contributed by atoms with Crippen molar-refractivity contribution in [3.8, 4) is 0 Å². The van der Waals surface area contributed by atoms with E-state index in [1.54, 1.807) is 0 Å². The number of rotatable bonds is 2. The molecule has 0 atom stereocenters. The van der Waals surface area contributed by atoms with Crippen LogP contribution in [0.3, 0.4) is 0 Å². The molecule has 1 aromatic carbocycles. The first-order chi connectivity index (χ1) is 7.62. The van der Waals surface area contributed by atoms with Gasteiger partial charge < -0.3 is 11.5 Å². The van der Waals surface area contributed by atoms with Crippen molar-refractivity contribution in [3.05, 3.63) is 35.9 Å². The summed E-state index contributed by atoms with van der Waals surface area (Å²) >= 11 is 0. The number of nitrogens with two attached hydrogens (primary N) is 2. The summed E-state index contributed by atoms with van der Waals surface area (Å²) in [7, 11) is 0. The monoisotopic (exact) mass is 218 g/mol. The normalized spacial score (nSPS) is 30.0. The van der Waals surface area contributed by atoms with Gasteiger partial charge in [0.1, 0.15) is 0 Å². The molecule has 0 aromatic heterocycles. The maximum Gasteiger partial charge on any atom is 0.182 e. The zero-order valence-electron chi connectivity index (χ0n) is 9.36. The highest BCUT2D eigenvalue weighted by Crippen LogP contribution is 2.28. The molecule has 16 heavy (non-hydrogen) atoms. The summed E-state index contributed by atoms with van der Waals surface area (Å²) in [6, 6.07) is 9.49. The summed E-state index contributed by atoms with van der Waals surface area (Å²) in [5.74, 6) is 0.0556. The summed E-state index contributed by atoms with van der Waals surface area (Å²) < 4.78 is 0. The van der Waals surface area contributed by atoms with Crippen LogP contribution in [-0.2, 0) is 0 Å². The Hall–Kier alpha value is -1.19. The summed E-state index contributed by atoms with van der Waals surface area (Å²) in [4.78, 5) is 12.3. The minimum Gasteiger partial charge on any atom is -0.328 e. The number of Topliss-reactive ketones (excluding diaryl/α,β-unsaturated/α-hetero) is 1. The lowest BCUT2D eigenvalue weighted by Gasteiger charge is -2.34. The van der Waals surface area contributed by atoms with Crippen LogP contribution in [0.15, 0.2) is 30.3 Å². The molecule has 1 aromatic rings. The van der Waals surface area contributed by atoms with Gasteiger partial charge in [0.15, 0.2) is 5.78 Å². The first-order valence-electron chi connectivity index (χ1n) is 5.76. The third-order valence-electron chi connectivity index (χ3n) is 3.41. The smallest absolute Gasteiger partial charge is 0.182 e. The number of ketones is 1. The third-order valence-corrected chi connectivity index (χ3v) is 3.41. The maximum atomic E-state index is 12.3. The van der Waals surface area contributed by atoms with E-state index in [-0.39, 0.29) is 11.8 Å². The van der Waals surface area contributed by atoms with Gasteiger partial charge in [-0.3, -0.25) is 4.79 Å². The average Bonchev–Trinajstić information content (AvgIpc) is 2.33. The van der Waals surface area contributed by atoms with Crippen molar-refractivity contribution in [2.75, 3.05) is 0 Å². The van der Waals surface area contributed by atoms with Gasteiger partial charge in [-0.1, -0.05) is 30.3 Å². The molecule has 0 saturated heterocycles. The minimum atomic E-state index is -0.697. The van der Waals surface area contributed by atoms with E-state index in [0.717, 1.165) is 12.8 Å².